The molecule has 2 heteroatoms. The van der Waals surface area contributed by atoms with Gasteiger partial charge in [0.25, 0.3) is 0 Å². The summed E-state index contributed by atoms with van der Waals surface area (Å²) in [5, 5.41) is 0.339. The molecule has 0 heterocycles. The quantitative estimate of drug-likeness (QED) is 0.578. The highest BCUT2D eigenvalue weighted by molar-refractivity contribution is 7.81. The summed E-state index contributed by atoms with van der Waals surface area (Å²) >= 11 is 4.37. The topological polar surface area (TPSA) is 17.1 Å². The molecule has 1 rings (SSSR count). The summed E-state index contributed by atoms with van der Waals surface area (Å²) in [7, 11) is 0. The zero-order valence-corrected chi connectivity index (χ0v) is 7.23. The van der Waals surface area contributed by atoms with E-state index in [4.69, 9.17) is 0 Å². The lowest BCUT2D eigenvalue weighted by molar-refractivity contribution is -0.121. The number of rotatable bonds is 1. The van der Waals surface area contributed by atoms with Crippen molar-refractivity contribution in [2.75, 3.05) is 0 Å². The second kappa shape index (κ2) is 3.42. The molecule has 1 aliphatic rings. The van der Waals surface area contributed by atoms with Crippen molar-refractivity contribution in [2.45, 2.75) is 37.9 Å². The Hall–Kier alpha value is 0.0200. The molecule has 1 nitrogen and oxygen atoms in total. The van der Waals surface area contributed by atoms with Gasteiger partial charge in [-0.25, -0.2) is 0 Å². The first kappa shape index (κ1) is 8.12. The SMILES string of the molecule is CC(=O)[C@@H]1CCCC[C@@H]1S. The molecular weight excluding hydrogens is 144 g/mol. The van der Waals surface area contributed by atoms with Gasteiger partial charge in [-0.3, -0.25) is 4.79 Å². The van der Waals surface area contributed by atoms with Crippen molar-refractivity contribution in [3.63, 3.8) is 0 Å². The van der Waals surface area contributed by atoms with E-state index < -0.39 is 0 Å². The molecule has 0 saturated heterocycles. The summed E-state index contributed by atoms with van der Waals surface area (Å²) in [5.74, 6) is 0.566. The Labute approximate surface area is 67.6 Å². The van der Waals surface area contributed by atoms with E-state index in [1.54, 1.807) is 6.92 Å². The van der Waals surface area contributed by atoms with Crippen molar-refractivity contribution in [2.24, 2.45) is 5.92 Å². The molecule has 0 unspecified atom stereocenters. The number of thiol groups is 1. The lowest BCUT2D eigenvalue weighted by Crippen LogP contribution is -2.25. The summed E-state index contributed by atoms with van der Waals surface area (Å²) in [6.07, 6.45) is 4.64. The highest BCUT2D eigenvalue weighted by Crippen LogP contribution is 2.28. The van der Waals surface area contributed by atoms with Gasteiger partial charge in [0.15, 0.2) is 0 Å². The molecule has 10 heavy (non-hydrogen) atoms. The maximum absolute atomic E-state index is 11.0. The van der Waals surface area contributed by atoms with Crippen LogP contribution in [0.25, 0.3) is 0 Å². The third-order valence-corrected chi connectivity index (χ3v) is 2.87. The van der Waals surface area contributed by atoms with Crippen LogP contribution in [0.15, 0.2) is 0 Å². The standard InChI is InChI=1S/C8H14OS/c1-6(9)7-4-2-3-5-8(7)10/h7-8,10H,2-5H2,1H3/t7-,8-/m0/s1. The molecule has 58 valence electrons. The number of carbonyl (C=O) groups excluding carboxylic acids is 1. The van der Waals surface area contributed by atoms with E-state index >= 15 is 0 Å². The average Bonchev–Trinajstić information content (AvgIpc) is 1.88. The van der Waals surface area contributed by atoms with E-state index in [9.17, 15) is 4.79 Å². The molecule has 0 aromatic carbocycles. The van der Waals surface area contributed by atoms with Gasteiger partial charge >= 0.3 is 0 Å². The Balaban J connectivity index is 2.47. The van der Waals surface area contributed by atoms with Crippen LogP contribution < -0.4 is 0 Å². The molecular formula is C8H14OS. The van der Waals surface area contributed by atoms with Crippen LogP contribution in [0.4, 0.5) is 0 Å². The average molecular weight is 158 g/mol. The molecule has 1 saturated carbocycles. The molecule has 0 N–H and O–H groups in total. The molecule has 1 fully saturated rings. The van der Waals surface area contributed by atoms with Crippen molar-refractivity contribution in [3.05, 3.63) is 0 Å². The van der Waals surface area contributed by atoms with E-state index in [0.29, 0.717) is 11.0 Å². The second-order valence-electron chi connectivity index (χ2n) is 3.07. The minimum atomic E-state index is 0.247. The van der Waals surface area contributed by atoms with E-state index in [1.165, 1.54) is 12.8 Å². The Morgan fingerprint density at radius 3 is 2.40 bits per heavy atom. The summed E-state index contributed by atoms with van der Waals surface area (Å²) in [5.41, 5.74) is 0. The maximum Gasteiger partial charge on any atom is 0.134 e. The van der Waals surface area contributed by atoms with Crippen molar-refractivity contribution >= 4 is 18.4 Å². The van der Waals surface area contributed by atoms with Crippen LogP contribution in [0.3, 0.4) is 0 Å². The lowest BCUT2D eigenvalue weighted by Gasteiger charge is -2.25. The van der Waals surface area contributed by atoms with Gasteiger partial charge in [-0.2, -0.15) is 12.6 Å². The van der Waals surface area contributed by atoms with E-state index in [-0.39, 0.29) is 5.92 Å². The number of ketones is 1. The van der Waals surface area contributed by atoms with Gasteiger partial charge in [0.1, 0.15) is 5.78 Å². The highest BCUT2D eigenvalue weighted by atomic mass is 32.1. The van der Waals surface area contributed by atoms with Crippen molar-refractivity contribution in [1.82, 2.24) is 0 Å². The van der Waals surface area contributed by atoms with Gasteiger partial charge in [-0.15, -0.1) is 0 Å². The van der Waals surface area contributed by atoms with Crippen LogP contribution in [0.2, 0.25) is 0 Å². The summed E-state index contributed by atoms with van der Waals surface area (Å²) in [6, 6.07) is 0. The van der Waals surface area contributed by atoms with Crippen molar-refractivity contribution < 1.29 is 4.79 Å². The molecule has 1 aliphatic carbocycles. The summed E-state index contributed by atoms with van der Waals surface area (Å²) in [6.45, 7) is 1.68. The molecule has 2 atom stereocenters. The van der Waals surface area contributed by atoms with Crippen LogP contribution in [0.1, 0.15) is 32.6 Å². The van der Waals surface area contributed by atoms with Crippen LogP contribution in [-0.4, -0.2) is 11.0 Å². The van der Waals surface area contributed by atoms with Crippen LogP contribution in [0.5, 0.6) is 0 Å². The smallest absolute Gasteiger partial charge is 0.134 e. The summed E-state index contributed by atoms with van der Waals surface area (Å²) in [4.78, 5) is 11.0. The minimum absolute atomic E-state index is 0.247. The van der Waals surface area contributed by atoms with Gasteiger partial charge in [0.2, 0.25) is 0 Å². The third kappa shape index (κ3) is 1.75. The van der Waals surface area contributed by atoms with Crippen LogP contribution >= 0.6 is 12.6 Å². The lowest BCUT2D eigenvalue weighted by atomic mass is 9.86. The van der Waals surface area contributed by atoms with E-state index in [0.717, 1.165) is 12.8 Å². The third-order valence-electron chi connectivity index (χ3n) is 2.25. The largest absolute Gasteiger partial charge is 0.300 e. The monoisotopic (exact) mass is 158 g/mol. The highest BCUT2D eigenvalue weighted by Gasteiger charge is 2.25. The Morgan fingerprint density at radius 2 is 2.00 bits per heavy atom. The number of hydrogen-bond acceptors (Lipinski definition) is 2. The number of hydrogen-bond donors (Lipinski definition) is 1. The van der Waals surface area contributed by atoms with E-state index in [2.05, 4.69) is 12.6 Å². The van der Waals surface area contributed by atoms with Gasteiger partial charge in [0, 0.05) is 11.2 Å². The van der Waals surface area contributed by atoms with Crippen molar-refractivity contribution in [3.8, 4) is 0 Å². The summed E-state index contributed by atoms with van der Waals surface area (Å²) < 4.78 is 0. The van der Waals surface area contributed by atoms with Gasteiger partial charge in [-0.1, -0.05) is 12.8 Å². The zero-order chi connectivity index (χ0) is 7.56. The van der Waals surface area contributed by atoms with Gasteiger partial charge in [0.05, 0.1) is 0 Å². The fourth-order valence-electron chi connectivity index (χ4n) is 1.59. The first-order chi connectivity index (χ1) is 4.72. The predicted octanol–water partition coefficient (Wildman–Crippen LogP) is 2.06. The predicted molar refractivity (Wildman–Crippen MR) is 45.4 cm³/mol. The minimum Gasteiger partial charge on any atom is -0.300 e. The Morgan fingerprint density at radius 1 is 1.40 bits per heavy atom. The second-order valence-corrected chi connectivity index (χ2v) is 3.73. The molecule has 0 aliphatic heterocycles. The molecule has 0 spiro atoms. The number of carbonyl (C=O) groups is 1. The fraction of sp³-hybridized carbons (Fsp3) is 0.875. The van der Waals surface area contributed by atoms with Crippen molar-refractivity contribution in [1.29, 1.82) is 0 Å². The molecule has 0 bridgehead atoms. The first-order valence-electron chi connectivity index (χ1n) is 3.90. The molecule has 0 amide bonds. The number of Topliss-reactive ketones (excluding diaryl/α,β-unsaturated/α-hetero) is 1. The first-order valence-corrected chi connectivity index (χ1v) is 4.42. The Bertz CT molecular complexity index is 133. The zero-order valence-electron chi connectivity index (χ0n) is 6.34. The molecule has 0 aromatic rings. The van der Waals surface area contributed by atoms with Crippen LogP contribution in [0, 0.1) is 5.92 Å². The normalized spacial score (nSPS) is 33.8. The Kier molecular flexibility index (Phi) is 2.78. The van der Waals surface area contributed by atoms with Gasteiger partial charge in [-0.05, 0) is 19.8 Å². The maximum atomic E-state index is 11.0. The van der Waals surface area contributed by atoms with E-state index in [1.807, 2.05) is 0 Å². The molecule has 0 radical (unpaired) electrons. The fourth-order valence-corrected chi connectivity index (χ4v) is 2.13. The van der Waals surface area contributed by atoms with Gasteiger partial charge < -0.3 is 0 Å². The molecule has 0 aromatic heterocycles. The van der Waals surface area contributed by atoms with Crippen LogP contribution in [-0.2, 0) is 4.79 Å².